The Labute approximate surface area is 93.5 Å². The van der Waals surface area contributed by atoms with E-state index < -0.39 is 11.6 Å². The summed E-state index contributed by atoms with van der Waals surface area (Å²) in [5.74, 6) is -1.36. The number of halogens is 2. The molecule has 0 N–H and O–H groups in total. The Morgan fingerprint density at radius 1 is 1.38 bits per heavy atom. The van der Waals surface area contributed by atoms with Gasteiger partial charge in [-0.1, -0.05) is 19.9 Å². The van der Waals surface area contributed by atoms with Crippen molar-refractivity contribution in [2.24, 2.45) is 11.3 Å². The van der Waals surface area contributed by atoms with Gasteiger partial charge in [0.15, 0.2) is 0 Å². The molecule has 0 amide bonds. The van der Waals surface area contributed by atoms with Gasteiger partial charge in [0.05, 0.1) is 0 Å². The molecule has 1 unspecified atom stereocenters. The highest BCUT2D eigenvalue weighted by atomic mass is 19.1. The van der Waals surface area contributed by atoms with Gasteiger partial charge in [0.1, 0.15) is 17.4 Å². The summed E-state index contributed by atoms with van der Waals surface area (Å²) in [6.07, 6.45) is 0.689. The quantitative estimate of drug-likeness (QED) is 0.771. The zero-order valence-corrected chi connectivity index (χ0v) is 9.39. The zero-order valence-electron chi connectivity index (χ0n) is 9.39. The molecule has 1 fully saturated rings. The molecule has 1 aliphatic carbocycles. The molecule has 86 valence electrons. The highest BCUT2D eigenvalue weighted by molar-refractivity contribution is 5.86. The Kier molecular flexibility index (Phi) is 2.56. The second kappa shape index (κ2) is 3.65. The average molecular weight is 224 g/mol. The van der Waals surface area contributed by atoms with E-state index in [-0.39, 0.29) is 29.1 Å². The van der Waals surface area contributed by atoms with Crippen LogP contribution in [0.2, 0.25) is 0 Å². The van der Waals surface area contributed by atoms with E-state index in [0.29, 0.717) is 0 Å². The van der Waals surface area contributed by atoms with Crippen molar-refractivity contribution in [2.45, 2.75) is 26.7 Å². The van der Waals surface area contributed by atoms with E-state index in [9.17, 15) is 13.6 Å². The minimum absolute atomic E-state index is 0.0127. The summed E-state index contributed by atoms with van der Waals surface area (Å²) >= 11 is 0. The van der Waals surface area contributed by atoms with Crippen molar-refractivity contribution in [2.75, 3.05) is 0 Å². The van der Waals surface area contributed by atoms with Crippen molar-refractivity contribution in [1.29, 1.82) is 0 Å². The highest BCUT2D eigenvalue weighted by Gasteiger charge is 2.50. The monoisotopic (exact) mass is 224 g/mol. The molecule has 0 spiro atoms. The van der Waals surface area contributed by atoms with Crippen LogP contribution in [0.5, 0.6) is 0 Å². The maximum absolute atomic E-state index is 13.3. The fourth-order valence-electron chi connectivity index (χ4n) is 2.02. The number of hydrogen-bond acceptors (Lipinski definition) is 1. The molecule has 1 atom stereocenters. The first-order valence-electron chi connectivity index (χ1n) is 5.37. The molecule has 0 radical (unpaired) electrons. The van der Waals surface area contributed by atoms with Crippen molar-refractivity contribution in [3.8, 4) is 0 Å². The number of rotatable bonds is 3. The largest absolute Gasteiger partial charge is 0.299 e. The van der Waals surface area contributed by atoms with Gasteiger partial charge < -0.3 is 0 Å². The zero-order chi connectivity index (χ0) is 11.9. The van der Waals surface area contributed by atoms with Crippen molar-refractivity contribution in [3.05, 3.63) is 35.4 Å². The van der Waals surface area contributed by atoms with E-state index in [0.717, 1.165) is 6.42 Å². The summed E-state index contributed by atoms with van der Waals surface area (Å²) in [6, 6.07) is 3.67. The lowest BCUT2D eigenvalue weighted by atomic mass is 10.0. The Morgan fingerprint density at radius 2 is 1.88 bits per heavy atom. The first-order valence-corrected chi connectivity index (χ1v) is 5.37. The summed E-state index contributed by atoms with van der Waals surface area (Å²) in [5, 5.41) is 0. The molecule has 1 aromatic rings. The number of ketones is 1. The third-order valence-electron chi connectivity index (χ3n) is 3.31. The number of benzene rings is 1. The Balaban J connectivity index is 2.13. The van der Waals surface area contributed by atoms with Gasteiger partial charge in [-0.05, 0) is 24.0 Å². The number of hydrogen-bond donors (Lipinski definition) is 0. The topological polar surface area (TPSA) is 17.1 Å². The highest BCUT2D eigenvalue weighted by Crippen LogP contribution is 2.52. The van der Waals surface area contributed by atoms with Crippen LogP contribution in [0.15, 0.2) is 18.2 Å². The van der Waals surface area contributed by atoms with Crippen LogP contribution >= 0.6 is 0 Å². The Bertz CT molecular complexity index is 417. The van der Waals surface area contributed by atoms with Crippen LogP contribution in [0.25, 0.3) is 0 Å². The van der Waals surface area contributed by atoms with Crippen LogP contribution < -0.4 is 0 Å². The molecule has 2 rings (SSSR count). The number of carbonyl (C=O) groups is 1. The Morgan fingerprint density at radius 3 is 2.31 bits per heavy atom. The maximum atomic E-state index is 13.3. The number of carbonyl (C=O) groups excluding carboxylic acids is 1. The van der Waals surface area contributed by atoms with Crippen molar-refractivity contribution in [1.82, 2.24) is 0 Å². The van der Waals surface area contributed by atoms with Gasteiger partial charge in [0.2, 0.25) is 0 Å². The van der Waals surface area contributed by atoms with Gasteiger partial charge in [0, 0.05) is 17.9 Å². The van der Waals surface area contributed by atoms with E-state index in [4.69, 9.17) is 0 Å². The van der Waals surface area contributed by atoms with Gasteiger partial charge >= 0.3 is 0 Å². The third kappa shape index (κ3) is 1.99. The first-order chi connectivity index (χ1) is 7.42. The van der Waals surface area contributed by atoms with Crippen LogP contribution in [0, 0.1) is 23.0 Å². The molecule has 1 nitrogen and oxygen atoms in total. The summed E-state index contributed by atoms with van der Waals surface area (Å²) in [5.41, 5.74) is -0.0890. The third-order valence-corrected chi connectivity index (χ3v) is 3.31. The molecule has 0 heterocycles. The van der Waals surface area contributed by atoms with E-state index >= 15 is 0 Å². The summed E-state index contributed by atoms with van der Waals surface area (Å²) in [4.78, 5) is 11.8. The molecule has 1 aromatic carbocycles. The molecule has 0 saturated heterocycles. The van der Waals surface area contributed by atoms with Crippen LogP contribution in [0.3, 0.4) is 0 Å². The predicted molar refractivity (Wildman–Crippen MR) is 57.0 cm³/mol. The molecule has 0 aromatic heterocycles. The van der Waals surface area contributed by atoms with Crippen molar-refractivity contribution in [3.63, 3.8) is 0 Å². The SMILES string of the molecule is CC1(C)CC1C(=O)Cc1c(F)cccc1F. The van der Waals surface area contributed by atoms with Crippen LogP contribution in [-0.4, -0.2) is 5.78 Å². The van der Waals surface area contributed by atoms with E-state index in [1.54, 1.807) is 0 Å². The van der Waals surface area contributed by atoms with E-state index in [2.05, 4.69) is 0 Å². The van der Waals surface area contributed by atoms with Crippen LogP contribution in [-0.2, 0) is 11.2 Å². The van der Waals surface area contributed by atoms with E-state index in [1.165, 1.54) is 18.2 Å². The van der Waals surface area contributed by atoms with Crippen molar-refractivity contribution < 1.29 is 13.6 Å². The summed E-state index contributed by atoms with van der Waals surface area (Å²) in [7, 11) is 0. The minimum atomic E-state index is -0.633. The maximum Gasteiger partial charge on any atom is 0.141 e. The van der Waals surface area contributed by atoms with Crippen LogP contribution in [0.1, 0.15) is 25.8 Å². The lowest BCUT2D eigenvalue weighted by molar-refractivity contribution is -0.120. The van der Waals surface area contributed by atoms with Gasteiger partial charge in [-0.3, -0.25) is 4.79 Å². The molecular weight excluding hydrogens is 210 g/mol. The second-order valence-corrected chi connectivity index (χ2v) is 5.09. The summed E-state index contributed by atoms with van der Waals surface area (Å²) in [6.45, 7) is 3.99. The van der Waals surface area contributed by atoms with Gasteiger partial charge in [-0.15, -0.1) is 0 Å². The van der Waals surface area contributed by atoms with E-state index in [1.807, 2.05) is 13.8 Å². The Hall–Kier alpha value is -1.25. The molecule has 0 bridgehead atoms. The standard InChI is InChI=1S/C13H14F2O/c1-13(2)7-9(13)12(16)6-8-10(14)4-3-5-11(8)15/h3-5,9H,6-7H2,1-2H3. The normalized spacial score (nSPS) is 21.9. The summed E-state index contributed by atoms with van der Waals surface area (Å²) < 4.78 is 26.6. The molecule has 3 heteroatoms. The minimum Gasteiger partial charge on any atom is -0.299 e. The lowest BCUT2D eigenvalue weighted by Crippen LogP contribution is -2.11. The lowest BCUT2D eigenvalue weighted by Gasteiger charge is -2.05. The molecular formula is C13H14F2O. The smallest absolute Gasteiger partial charge is 0.141 e. The number of Topliss-reactive ketones (excluding diaryl/α,β-unsaturated/α-hetero) is 1. The van der Waals surface area contributed by atoms with Gasteiger partial charge in [-0.25, -0.2) is 8.78 Å². The molecule has 1 saturated carbocycles. The van der Waals surface area contributed by atoms with Crippen LogP contribution in [0.4, 0.5) is 8.78 Å². The predicted octanol–water partition coefficient (Wildman–Crippen LogP) is 3.12. The van der Waals surface area contributed by atoms with Crippen molar-refractivity contribution >= 4 is 5.78 Å². The fraction of sp³-hybridized carbons (Fsp3) is 0.462. The molecule has 0 aliphatic heterocycles. The average Bonchev–Trinajstić information content (AvgIpc) is 2.82. The molecule has 1 aliphatic rings. The van der Waals surface area contributed by atoms with Gasteiger partial charge in [-0.2, -0.15) is 0 Å². The fourth-order valence-corrected chi connectivity index (χ4v) is 2.02. The first kappa shape index (κ1) is 11.2. The second-order valence-electron chi connectivity index (χ2n) is 5.09. The molecule has 16 heavy (non-hydrogen) atoms. The van der Waals surface area contributed by atoms with Gasteiger partial charge in [0.25, 0.3) is 0 Å².